The lowest BCUT2D eigenvalue weighted by molar-refractivity contribution is 0.0756. The van der Waals surface area contributed by atoms with Crippen LogP contribution in [0.2, 0.25) is 0 Å². The standard InChI is InChI=1S/C24H27N3O/c1-3-15-26(24(28)19-10-8-9-18(2)16-19)17-23-25-21-13-6-7-14-22(21)27(23)20-11-4-5-12-20/h3,6-10,13-14,16,20H,1,4-5,11-12,15,17H2,2H3. The Balaban J connectivity index is 1.70. The van der Waals surface area contributed by atoms with Gasteiger partial charge in [-0.05, 0) is 44.0 Å². The zero-order chi connectivity index (χ0) is 19.5. The van der Waals surface area contributed by atoms with Crippen LogP contribution in [-0.2, 0) is 6.54 Å². The average Bonchev–Trinajstić information content (AvgIpc) is 3.34. The summed E-state index contributed by atoms with van der Waals surface area (Å²) < 4.78 is 2.38. The Hall–Kier alpha value is -2.88. The fourth-order valence-electron chi connectivity index (χ4n) is 4.28. The number of rotatable bonds is 6. The van der Waals surface area contributed by atoms with E-state index in [-0.39, 0.29) is 5.91 Å². The van der Waals surface area contributed by atoms with Gasteiger partial charge in [-0.15, -0.1) is 6.58 Å². The van der Waals surface area contributed by atoms with Crippen LogP contribution in [0.5, 0.6) is 0 Å². The lowest BCUT2D eigenvalue weighted by Crippen LogP contribution is -2.32. The van der Waals surface area contributed by atoms with Gasteiger partial charge in [-0.3, -0.25) is 4.79 Å². The van der Waals surface area contributed by atoms with Gasteiger partial charge < -0.3 is 9.47 Å². The van der Waals surface area contributed by atoms with Crippen LogP contribution in [0.15, 0.2) is 61.2 Å². The first-order chi connectivity index (χ1) is 13.7. The second kappa shape index (κ2) is 8.01. The van der Waals surface area contributed by atoms with Gasteiger partial charge in [0.25, 0.3) is 5.91 Å². The van der Waals surface area contributed by atoms with Crippen molar-refractivity contribution in [2.45, 2.75) is 45.2 Å². The second-order valence-corrected chi connectivity index (χ2v) is 7.67. The summed E-state index contributed by atoms with van der Waals surface area (Å²) in [4.78, 5) is 19.9. The van der Waals surface area contributed by atoms with Crippen molar-refractivity contribution in [2.75, 3.05) is 6.54 Å². The van der Waals surface area contributed by atoms with Gasteiger partial charge in [-0.25, -0.2) is 4.98 Å². The molecule has 1 amide bonds. The molecular weight excluding hydrogens is 346 g/mol. The molecule has 1 aliphatic rings. The van der Waals surface area contributed by atoms with E-state index in [0.717, 1.165) is 16.9 Å². The van der Waals surface area contributed by atoms with Crippen LogP contribution < -0.4 is 0 Å². The average molecular weight is 374 g/mol. The van der Waals surface area contributed by atoms with Crippen molar-refractivity contribution in [3.63, 3.8) is 0 Å². The third-order valence-electron chi connectivity index (χ3n) is 5.59. The van der Waals surface area contributed by atoms with E-state index in [2.05, 4.69) is 29.3 Å². The van der Waals surface area contributed by atoms with E-state index in [1.807, 2.05) is 42.2 Å². The van der Waals surface area contributed by atoms with E-state index in [1.165, 1.54) is 31.2 Å². The molecule has 0 bridgehead atoms. The summed E-state index contributed by atoms with van der Waals surface area (Å²) in [6.45, 7) is 6.86. The Bertz CT molecular complexity index is 998. The number of imidazole rings is 1. The summed E-state index contributed by atoms with van der Waals surface area (Å²) in [6.07, 6.45) is 6.67. The monoisotopic (exact) mass is 373 g/mol. The minimum absolute atomic E-state index is 0.0219. The molecule has 144 valence electrons. The lowest BCUT2D eigenvalue weighted by atomic mass is 10.1. The topological polar surface area (TPSA) is 38.1 Å². The lowest BCUT2D eigenvalue weighted by Gasteiger charge is -2.23. The Morgan fingerprint density at radius 2 is 2.00 bits per heavy atom. The van der Waals surface area contributed by atoms with E-state index in [1.54, 1.807) is 6.08 Å². The number of nitrogens with zero attached hydrogens (tertiary/aromatic N) is 3. The van der Waals surface area contributed by atoms with Crippen LogP contribution in [0, 0.1) is 6.92 Å². The number of hydrogen-bond acceptors (Lipinski definition) is 2. The SMILES string of the molecule is C=CCN(Cc1nc2ccccc2n1C1CCCC1)C(=O)c1cccc(C)c1. The molecule has 1 aromatic heterocycles. The first-order valence-electron chi connectivity index (χ1n) is 10.1. The molecule has 0 atom stereocenters. The molecule has 0 saturated heterocycles. The van der Waals surface area contributed by atoms with E-state index < -0.39 is 0 Å². The first-order valence-corrected chi connectivity index (χ1v) is 10.1. The van der Waals surface area contributed by atoms with Gasteiger partial charge in [0.2, 0.25) is 0 Å². The van der Waals surface area contributed by atoms with Crippen LogP contribution in [0.4, 0.5) is 0 Å². The van der Waals surface area contributed by atoms with Gasteiger partial charge in [0, 0.05) is 18.2 Å². The van der Waals surface area contributed by atoms with Crippen molar-refractivity contribution in [1.29, 1.82) is 0 Å². The summed E-state index contributed by atoms with van der Waals surface area (Å²) in [6, 6.07) is 16.5. The van der Waals surface area contributed by atoms with Gasteiger partial charge in [-0.1, -0.05) is 48.7 Å². The number of para-hydroxylation sites is 2. The highest BCUT2D eigenvalue weighted by atomic mass is 16.2. The maximum Gasteiger partial charge on any atom is 0.254 e. The molecular formula is C24H27N3O. The quantitative estimate of drug-likeness (QED) is 0.551. The maximum atomic E-state index is 13.2. The molecule has 0 aliphatic heterocycles. The molecule has 0 N–H and O–H groups in total. The predicted octanol–water partition coefficient (Wildman–Crippen LogP) is 5.29. The van der Waals surface area contributed by atoms with Gasteiger partial charge >= 0.3 is 0 Å². The molecule has 4 nitrogen and oxygen atoms in total. The predicted molar refractivity (Wildman–Crippen MR) is 113 cm³/mol. The fourth-order valence-corrected chi connectivity index (χ4v) is 4.28. The highest BCUT2D eigenvalue weighted by molar-refractivity contribution is 5.94. The molecule has 4 heteroatoms. The molecule has 0 spiro atoms. The zero-order valence-electron chi connectivity index (χ0n) is 16.5. The smallest absolute Gasteiger partial charge is 0.254 e. The summed E-state index contributed by atoms with van der Waals surface area (Å²) in [7, 11) is 0. The number of hydrogen-bond donors (Lipinski definition) is 0. The Labute approximate surface area is 166 Å². The van der Waals surface area contributed by atoms with Crippen molar-refractivity contribution < 1.29 is 4.79 Å². The number of carbonyl (C=O) groups is 1. The minimum Gasteiger partial charge on any atom is -0.327 e. The molecule has 1 heterocycles. The first kappa shape index (κ1) is 18.5. The largest absolute Gasteiger partial charge is 0.327 e. The summed E-state index contributed by atoms with van der Waals surface area (Å²) in [5.41, 5.74) is 3.98. The number of aromatic nitrogens is 2. The minimum atomic E-state index is 0.0219. The van der Waals surface area contributed by atoms with Gasteiger partial charge in [0.15, 0.2) is 0 Å². The molecule has 0 radical (unpaired) electrons. The van der Waals surface area contributed by atoms with Gasteiger partial charge in [0.1, 0.15) is 5.82 Å². The van der Waals surface area contributed by atoms with Crippen molar-refractivity contribution in [3.05, 3.63) is 78.1 Å². The summed E-state index contributed by atoms with van der Waals surface area (Å²) >= 11 is 0. The van der Waals surface area contributed by atoms with Crippen LogP contribution in [0.25, 0.3) is 11.0 Å². The molecule has 28 heavy (non-hydrogen) atoms. The molecule has 0 unspecified atom stereocenters. The van der Waals surface area contributed by atoms with E-state index in [4.69, 9.17) is 4.98 Å². The van der Waals surface area contributed by atoms with Crippen LogP contribution in [-0.4, -0.2) is 26.9 Å². The molecule has 1 fully saturated rings. The van der Waals surface area contributed by atoms with Gasteiger partial charge in [0.05, 0.1) is 17.6 Å². The van der Waals surface area contributed by atoms with E-state index in [9.17, 15) is 4.79 Å². The molecule has 4 rings (SSSR count). The number of carbonyl (C=O) groups excluding carboxylic acids is 1. The van der Waals surface area contributed by atoms with E-state index >= 15 is 0 Å². The second-order valence-electron chi connectivity index (χ2n) is 7.67. The molecule has 1 aliphatic carbocycles. The van der Waals surface area contributed by atoms with Crippen molar-refractivity contribution in [2.24, 2.45) is 0 Å². The molecule has 2 aromatic carbocycles. The van der Waals surface area contributed by atoms with Crippen LogP contribution in [0.3, 0.4) is 0 Å². The van der Waals surface area contributed by atoms with Crippen molar-refractivity contribution in [3.8, 4) is 0 Å². The Morgan fingerprint density at radius 1 is 1.21 bits per heavy atom. The number of fused-ring (bicyclic) bond motifs is 1. The highest BCUT2D eigenvalue weighted by Crippen LogP contribution is 2.34. The van der Waals surface area contributed by atoms with E-state index in [0.29, 0.717) is 24.7 Å². The van der Waals surface area contributed by atoms with Crippen molar-refractivity contribution >= 4 is 16.9 Å². The summed E-state index contributed by atoms with van der Waals surface area (Å²) in [5, 5.41) is 0. The highest BCUT2D eigenvalue weighted by Gasteiger charge is 2.25. The molecule has 1 saturated carbocycles. The molecule has 3 aromatic rings. The number of aryl methyl sites for hydroxylation is 1. The van der Waals surface area contributed by atoms with Crippen LogP contribution in [0.1, 0.15) is 53.5 Å². The van der Waals surface area contributed by atoms with Crippen molar-refractivity contribution in [1.82, 2.24) is 14.5 Å². The summed E-state index contributed by atoms with van der Waals surface area (Å²) in [5.74, 6) is 0.990. The third-order valence-corrected chi connectivity index (χ3v) is 5.59. The van der Waals surface area contributed by atoms with Gasteiger partial charge in [-0.2, -0.15) is 0 Å². The Morgan fingerprint density at radius 3 is 2.75 bits per heavy atom. The number of amides is 1. The zero-order valence-corrected chi connectivity index (χ0v) is 16.5. The fraction of sp³-hybridized carbons (Fsp3) is 0.333. The third kappa shape index (κ3) is 3.59. The maximum absolute atomic E-state index is 13.2. The Kier molecular flexibility index (Phi) is 5.29. The number of benzene rings is 2. The normalized spacial score (nSPS) is 14.5. The van der Waals surface area contributed by atoms with Crippen LogP contribution >= 0.6 is 0 Å².